The first-order chi connectivity index (χ1) is 9.33. The molecular formula is C12H14FN3O3S. The first-order valence-electron chi connectivity index (χ1n) is 5.75. The second-order valence-corrected chi connectivity index (χ2v) is 6.02. The van der Waals surface area contributed by atoms with E-state index in [-0.39, 0.29) is 21.7 Å². The Morgan fingerprint density at radius 3 is 2.70 bits per heavy atom. The lowest BCUT2D eigenvalue weighted by atomic mass is 10.1. The molecule has 0 amide bonds. The molecule has 0 saturated carbocycles. The summed E-state index contributed by atoms with van der Waals surface area (Å²) in [5.41, 5.74) is 0.472. The van der Waals surface area contributed by atoms with Crippen LogP contribution in [0.25, 0.3) is 0 Å². The zero-order valence-electron chi connectivity index (χ0n) is 11.0. The number of aromatic nitrogens is 2. The number of nitrogens with zero attached hydrogens (tertiary/aromatic N) is 2. The van der Waals surface area contributed by atoms with Crippen molar-refractivity contribution in [3.8, 4) is 0 Å². The third kappa shape index (κ3) is 2.81. The summed E-state index contributed by atoms with van der Waals surface area (Å²) in [6.07, 6.45) is 2.83. The van der Waals surface area contributed by atoms with E-state index in [0.29, 0.717) is 0 Å². The summed E-state index contributed by atoms with van der Waals surface area (Å²) in [5.74, 6) is -0.678. The number of benzene rings is 1. The molecule has 0 aliphatic carbocycles. The number of rotatable bonds is 4. The van der Waals surface area contributed by atoms with Gasteiger partial charge in [-0.3, -0.25) is 9.40 Å². The average molecular weight is 299 g/mol. The van der Waals surface area contributed by atoms with Crippen LogP contribution in [0.15, 0.2) is 29.4 Å². The van der Waals surface area contributed by atoms with E-state index >= 15 is 0 Å². The monoisotopic (exact) mass is 299 g/mol. The first kappa shape index (κ1) is 14.5. The Bertz CT molecular complexity index is 740. The van der Waals surface area contributed by atoms with E-state index in [1.807, 2.05) is 0 Å². The van der Waals surface area contributed by atoms with Crippen molar-refractivity contribution in [2.24, 2.45) is 7.05 Å². The Kier molecular flexibility index (Phi) is 3.78. The van der Waals surface area contributed by atoms with Gasteiger partial charge >= 0.3 is 0 Å². The van der Waals surface area contributed by atoms with Crippen LogP contribution in [0.4, 0.5) is 10.1 Å². The van der Waals surface area contributed by atoms with Crippen LogP contribution >= 0.6 is 0 Å². The molecular weight excluding hydrogens is 285 g/mol. The van der Waals surface area contributed by atoms with Crippen molar-refractivity contribution < 1.29 is 17.9 Å². The van der Waals surface area contributed by atoms with Gasteiger partial charge in [0.1, 0.15) is 5.82 Å². The van der Waals surface area contributed by atoms with E-state index in [1.54, 1.807) is 7.05 Å². The third-order valence-corrected chi connectivity index (χ3v) is 4.29. The van der Waals surface area contributed by atoms with Crippen LogP contribution < -0.4 is 4.72 Å². The Hall–Kier alpha value is -1.93. The minimum absolute atomic E-state index is 0.00131. The summed E-state index contributed by atoms with van der Waals surface area (Å²) in [5, 5.41) is 12.9. The fourth-order valence-corrected chi connectivity index (χ4v) is 3.09. The molecule has 2 N–H and O–H groups in total. The van der Waals surface area contributed by atoms with Crippen LogP contribution in [0.1, 0.15) is 11.1 Å². The van der Waals surface area contributed by atoms with E-state index in [0.717, 1.165) is 6.07 Å². The molecule has 6 nitrogen and oxygen atoms in total. The number of hydrogen-bond donors (Lipinski definition) is 2. The zero-order chi connectivity index (χ0) is 14.9. The fourth-order valence-electron chi connectivity index (χ4n) is 1.76. The molecule has 0 saturated heterocycles. The van der Waals surface area contributed by atoms with Crippen molar-refractivity contribution >= 4 is 15.7 Å². The molecule has 20 heavy (non-hydrogen) atoms. The number of sulfonamides is 1. The van der Waals surface area contributed by atoms with Crippen LogP contribution in [0.3, 0.4) is 0 Å². The molecule has 0 atom stereocenters. The maximum absolute atomic E-state index is 13.7. The van der Waals surface area contributed by atoms with Crippen molar-refractivity contribution in [3.05, 3.63) is 41.5 Å². The van der Waals surface area contributed by atoms with Gasteiger partial charge in [0.15, 0.2) is 0 Å². The lowest BCUT2D eigenvalue weighted by Crippen LogP contribution is -2.15. The quantitative estimate of drug-likeness (QED) is 0.887. The SMILES string of the molecule is Cc1c(F)cc(CO)cc1S(=O)(=O)Nc1cnn(C)c1. The van der Waals surface area contributed by atoms with Crippen molar-refractivity contribution in [3.63, 3.8) is 0 Å². The van der Waals surface area contributed by atoms with Crippen molar-refractivity contribution in [2.75, 3.05) is 4.72 Å². The standard InChI is InChI=1S/C12H14FN3O3S/c1-8-11(13)3-9(7-17)4-12(8)20(18,19)15-10-5-14-16(2)6-10/h3-6,15,17H,7H2,1-2H3. The van der Waals surface area contributed by atoms with Gasteiger partial charge in [-0.25, -0.2) is 12.8 Å². The highest BCUT2D eigenvalue weighted by Crippen LogP contribution is 2.23. The van der Waals surface area contributed by atoms with Gasteiger partial charge in [-0.2, -0.15) is 5.10 Å². The van der Waals surface area contributed by atoms with Crippen LogP contribution in [0.5, 0.6) is 0 Å². The summed E-state index contributed by atoms with van der Waals surface area (Å²) in [7, 11) is -2.29. The van der Waals surface area contributed by atoms with Crippen LogP contribution in [-0.2, 0) is 23.7 Å². The smallest absolute Gasteiger partial charge is 0.262 e. The molecule has 0 radical (unpaired) electrons. The largest absolute Gasteiger partial charge is 0.392 e. The maximum Gasteiger partial charge on any atom is 0.262 e. The normalized spacial score (nSPS) is 11.6. The molecule has 0 aliphatic rings. The Morgan fingerprint density at radius 1 is 1.45 bits per heavy atom. The van der Waals surface area contributed by atoms with E-state index in [1.165, 1.54) is 30.1 Å². The van der Waals surface area contributed by atoms with E-state index in [2.05, 4.69) is 9.82 Å². The fraction of sp³-hybridized carbons (Fsp3) is 0.250. The molecule has 108 valence electrons. The highest BCUT2D eigenvalue weighted by molar-refractivity contribution is 7.92. The van der Waals surface area contributed by atoms with Gasteiger partial charge in [0.2, 0.25) is 0 Å². The number of halogens is 1. The van der Waals surface area contributed by atoms with Crippen LogP contribution in [-0.4, -0.2) is 23.3 Å². The topological polar surface area (TPSA) is 84.2 Å². The van der Waals surface area contributed by atoms with Crippen molar-refractivity contribution in [1.82, 2.24) is 9.78 Å². The lowest BCUT2D eigenvalue weighted by Gasteiger charge is -2.11. The number of nitrogens with one attached hydrogen (secondary N) is 1. The van der Waals surface area contributed by atoms with Gasteiger partial charge in [-0.05, 0) is 24.6 Å². The first-order valence-corrected chi connectivity index (χ1v) is 7.23. The number of aliphatic hydroxyl groups excluding tert-OH is 1. The van der Waals surface area contributed by atoms with E-state index in [4.69, 9.17) is 5.11 Å². The van der Waals surface area contributed by atoms with E-state index < -0.39 is 22.4 Å². The van der Waals surface area contributed by atoms with E-state index in [9.17, 15) is 12.8 Å². The Labute approximate surface area is 115 Å². The molecule has 2 aromatic rings. The number of hydrogen-bond acceptors (Lipinski definition) is 4. The second kappa shape index (κ2) is 5.22. The predicted molar refractivity (Wildman–Crippen MR) is 71.1 cm³/mol. The van der Waals surface area contributed by atoms with Crippen LogP contribution in [0.2, 0.25) is 0 Å². The summed E-state index contributed by atoms with van der Waals surface area (Å²) in [4.78, 5) is -0.203. The molecule has 8 heteroatoms. The highest BCUT2D eigenvalue weighted by Gasteiger charge is 2.20. The van der Waals surface area contributed by atoms with Gasteiger partial charge in [-0.15, -0.1) is 0 Å². The highest BCUT2D eigenvalue weighted by atomic mass is 32.2. The molecule has 0 spiro atoms. The lowest BCUT2D eigenvalue weighted by molar-refractivity contribution is 0.281. The van der Waals surface area contributed by atoms with Gasteiger partial charge in [0.25, 0.3) is 10.0 Å². The number of aliphatic hydroxyl groups is 1. The minimum atomic E-state index is -3.94. The molecule has 0 unspecified atom stereocenters. The predicted octanol–water partition coefficient (Wildman–Crippen LogP) is 1.16. The number of aryl methyl sites for hydroxylation is 1. The molecule has 2 rings (SSSR count). The van der Waals surface area contributed by atoms with Crippen LogP contribution in [0, 0.1) is 12.7 Å². The maximum atomic E-state index is 13.7. The molecule has 0 aliphatic heterocycles. The van der Waals surface area contributed by atoms with Gasteiger partial charge < -0.3 is 5.11 Å². The molecule has 1 heterocycles. The van der Waals surface area contributed by atoms with Crippen molar-refractivity contribution in [1.29, 1.82) is 0 Å². The molecule has 0 fully saturated rings. The average Bonchev–Trinajstić information content (AvgIpc) is 2.76. The summed E-state index contributed by atoms with van der Waals surface area (Å²) < 4.78 is 41.9. The Balaban J connectivity index is 2.46. The summed E-state index contributed by atoms with van der Waals surface area (Å²) in [6.45, 7) is 0.931. The molecule has 1 aromatic carbocycles. The third-order valence-electron chi connectivity index (χ3n) is 2.79. The van der Waals surface area contributed by atoms with Gasteiger partial charge in [0.05, 0.1) is 23.4 Å². The second-order valence-electron chi connectivity index (χ2n) is 4.37. The number of anilines is 1. The Morgan fingerprint density at radius 2 is 2.15 bits per heavy atom. The molecule has 0 bridgehead atoms. The zero-order valence-corrected chi connectivity index (χ0v) is 11.8. The summed E-state index contributed by atoms with van der Waals surface area (Å²) in [6, 6.07) is 2.36. The molecule has 1 aromatic heterocycles. The minimum Gasteiger partial charge on any atom is -0.392 e. The summed E-state index contributed by atoms with van der Waals surface area (Å²) >= 11 is 0. The van der Waals surface area contributed by atoms with Gasteiger partial charge in [-0.1, -0.05) is 0 Å². The van der Waals surface area contributed by atoms with Crippen molar-refractivity contribution in [2.45, 2.75) is 18.4 Å². The van der Waals surface area contributed by atoms with Gasteiger partial charge in [0, 0.05) is 18.8 Å².